The molecule has 0 spiro atoms. The van der Waals surface area contributed by atoms with E-state index in [-0.39, 0.29) is 28.5 Å². The van der Waals surface area contributed by atoms with Crippen molar-refractivity contribution in [3.63, 3.8) is 0 Å². The van der Waals surface area contributed by atoms with E-state index >= 15 is 0 Å². The van der Waals surface area contributed by atoms with Crippen molar-refractivity contribution in [2.45, 2.75) is 50.8 Å². The standard InChI is InChI=1S/C17H25N3O4S/c1-3-5-7-13(4-2)12-18-16(21)10-11-25(22,23)15-9-6-8-14-17(15)20-24-19-14/h6,8-9,13H,3-5,7,10-12H2,1-2H3,(H,18,21)/t13-/m1/s1. The molecule has 0 aliphatic rings. The van der Waals surface area contributed by atoms with Crippen LogP contribution in [0.15, 0.2) is 27.7 Å². The normalized spacial score (nSPS) is 13.0. The highest BCUT2D eigenvalue weighted by atomic mass is 32.2. The molecule has 25 heavy (non-hydrogen) atoms. The molecule has 1 aromatic carbocycles. The molecule has 0 aliphatic carbocycles. The van der Waals surface area contributed by atoms with Crippen LogP contribution >= 0.6 is 0 Å². The van der Waals surface area contributed by atoms with Crippen molar-refractivity contribution in [1.82, 2.24) is 15.6 Å². The van der Waals surface area contributed by atoms with Gasteiger partial charge in [0.15, 0.2) is 15.4 Å². The van der Waals surface area contributed by atoms with Crippen molar-refractivity contribution in [3.05, 3.63) is 18.2 Å². The van der Waals surface area contributed by atoms with Crippen LogP contribution in [0.2, 0.25) is 0 Å². The van der Waals surface area contributed by atoms with Gasteiger partial charge < -0.3 is 5.32 Å². The molecule has 2 aromatic rings. The number of nitrogens with one attached hydrogen (secondary N) is 1. The summed E-state index contributed by atoms with van der Waals surface area (Å²) in [5.74, 6) is -0.0734. The maximum absolute atomic E-state index is 12.5. The van der Waals surface area contributed by atoms with Crippen LogP contribution in [0, 0.1) is 5.92 Å². The lowest BCUT2D eigenvalue weighted by molar-refractivity contribution is -0.120. The Morgan fingerprint density at radius 3 is 2.80 bits per heavy atom. The first-order valence-corrected chi connectivity index (χ1v) is 10.3. The van der Waals surface area contributed by atoms with Gasteiger partial charge in [0.05, 0.1) is 10.6 Å². The number of rotatable bonds is 10. The van der Waals surface area contributed by atoms with Crippen LogP contribution in [-0.4, -0.2) is 36.9 Å². The van der Waals surface area contributed by atoms with Crippen molar-refractivity contribution in [2.75, 3.05) is 12.3 Å². The Balaban J connectivity index is 1.91. The molecule has 0 saturated heterocycles. The Labute approximate surface area is 148 Å². The molecule has 0 bridgehead atoms. The topological polar surface area (TPSA) is 102 Å². The molecule has 8 heteroatoms. The van der Waals surface area contributed by atoms with Gasteiger partial charge in [-0.3, -0.25) is 4.79 Å². The molecule has 2 rings (SSSR count). The Morgan fingerprint density at radius 2 is 2.08 bits per heavy atom. The van der Waals surface area contributed by atoms with Gasteiger partial charge in [0.2, 0.25) is 5.91 Å². The zero-order valence-corrected chi connectivity index (χ0v) is 15.5. The number of carbonyl (C=O) groups excluding carboxylic acids is 1. The summed E-state index contributed by atoms with van der Waals surface area (Å²) >= 11 is 0. The van der Waals surface area contributed by atoms with Gasteiger partial charge >= 0.3 is 0 Å². The van der Waals surface area contributed by atoms with E-state index in [1.165, 1.54) is 6.07 Å². The second-order valence-corrected chi connectivity index (χ2v) is 8.26. The predicted molar refractivity (Wildman–Crippen MR) is 94.8 cm³/mol. The smallest absolute Gasteiger partial charge is 0.221 e. The van der Waals surface area contributed by atoms with Crippen molar-refractivity contribution in [3.8, 4) is 0 Å². The van der Waals surface area contributed by atoms with E-state index in [9.17, 15) is 13.2 Å². The number of unbranched alkanes of at least 4 members (excludes halogenated alkanes) is 1. The quantitative estimate of drug-likeness (QED) is 0.693. The van der Waals surface area contributed by atoms with E-state index in [4.69, 9.17) is 0 Å². The number of aromatic nitrogens is 2. The van der Waals surface area contributed by atoms with Crippen LogP contribution in [0.1, 0.15) is 46.0 Å². The molecule has 0 aliphatic heterocycles. The summed E-state index contributed by atoms with van der Waals surface area (Å²) in [7, 11) is -3.63. The van der Waals surface area contributed by atoms with Crippen LogP contribution in [0.3, 0.4) is 0 Å². The predicted octanol–water partition coefficient (Wildman–Crippen LogP) is 2.72. The van der Waals surface area contributed by atoms with Gasteiger partial charge in [0.25, 0.3) is 0 Å². The summed E-state index contributed by atoms with van der Waals surface area (Å²) in [6.07, 6.45) is 4.27. The molecule has 0 saturated carbocycles. The molecule has 0 fully saturated rings. The number of carbonyl (C=O) groups is 1. The minimum absolute atomic E-state index is 0.0495. The van der Waals surface area contributed by atoms with Crippen LogP contribution in [-0.2, 0) is 14.6 Å². The fourth-order valence-electron chi connectivity index (χ4n) is 2.66. The Hall–Kier alpha value is -1.96. The number of fused-ring (bicyclic) bond motifs is 1. The van der Waals surface area contributed by atoms with Gasteiger partial charge in [-0.15, -0.1) is 0 Å². The molecular formula is C17H25N3O4S. The van der Waals surface area contributed by atoms with Crippen molar-refractivity contribution < 1.29 is 17.8 Å². The highest BCUT2D eigenvalue weighted by Crippen LogP contribution is 2.21. The number of hydrogen-bond donors (Lipinski definition) is 1. The third-order valence-electron chi connectivity index (χ3n) is 4.31. The molecule has 1 amide bonds. The molecule has 1 aromatic heterocycles. The zero-order chi connectivity index (χ0) is 18.3. The molecule has 138 valence electrons. The van der Waals surface area contributed by atoms with E-state index < -0.39 is 9.84 Å². The molecule has 1 N–H and O–H groups in total. The molecule has 1 heterocycles. The first-order valence-electron chi connectivity index (χ1n) is 8.68. The highest BCUT2D eigenvalue weighted by Gasteiger charge is 2.21. The number of nitrogens with zero attached hydrogens (tertiary/aromatic N) is 2. The van der Waals surface area contributed by atoms with E-state index in [2.05, 4.69) is 34.1 Å². The lowest BCUT2D eigenvalue weighted by atomic mass is 9.99. The first kappa shape index (κ1) is 19.4. The van der Waals surface area contributed by atoms with E-state index in [1.54, 1.807) is 12.1 Å². The van der Waals surface area contributed by atoms with Crippen LogP contribution in [0.25, 0.3) is 11.0 Å². The maximum atomic E-state index is 12.5. The van der Waals surface area contributed by atoms with E-state index in [0.717, 1.165) is 25.7 Å². The van der Waals surface area contributed by atoms with Crippen molar-refractivity contribution >= 4 is 26.8 Å². The SMILES string of the molecule is CCCC[C@@H](CC)CNC(=O)CCS(=O)(=O)c1cccc2nonc12. The average molecular weight is 367 g/mol. The number of amides is 1. The summed E-state index contributed by atoms with van der Waals surface area (Å²) in [6, 6.07) is 4.66. The molecule has 0 unspecified atom stereocenters. The summed E-state index contributed by atoms with van der Waals surface area (Å²) < 4.78 is 29.6. The molecular weight excluding hydrogens is 342 g/mol. The van der Waals surface area contributed by atoms with Gasteiger partial charge in [-0.25, -0.2) is 13.0 Å². The summed E-state index contributed by atoms with van der Waals surface area (Å²) in [6.45, 7) is 4.84. The van der Waals surface area contributed by atoms with E-state index in [0.29, 0.717) is 18.0 Å². The van der Waals surface area contributed by atoms with Crippen LogP contribution in [0.5, 0.6) is 0 Å². The number of hydrogen-bond acceptors (Lipinski definition) is 6. The molecule has 1 atom stereocenters. The van der Waals surface area contributed by atoms with Gasteiger partial charge in [0.1, 0.15) is 5.52 Å². The van der Waals surface area contributed by atoms with Crippen molar-refractivity contribution in [1.29, 1.82) is 0 Å². The Bertz CT molecular complexity index is 801. The third-order valence-corrected chi connectivity index (χ3v) is 6.05. The summed E-state index contributed by atoms with van der Waals surface area (Å²) in [5.41, 5.74) is 0.584. The largest absolute Gasteiger partial charge is 0.356 e. The highest BCUT2D eigenvalue weighted by molar-refractivity contribution is 7.91. The minimum Gasteiger partial charge on any atom is -0.356 e. The lowest BCUT2D eigenvalue weighted by Crippen LogP contribution is -2.30. The summed E-state index contributed by atoms with van der Waals surface area (Å²) in [5, 5.41) is 10.1. The Kier molecular flexibility index (Phi) is 6.92. The molecule has 7 nitrogen and oxygen atoms in total. The second-order valence-electron chi connectivity index (χ2n) is 6.18. The van der Waals surface area contributed by atoms with Gasteiger partial charge in [-0.1, -0.05) is 39.2 Å². The average Bonchev–Trinajstić information content (AvgIpc) is 3.08. The number of sulfone groups is 1. The maximum Gasteiger partial charge on any atom is 0.221 e. The van der Waals surface area contributed by atoms with Gasteiger partial charge in [-0.05, 0) is 34.8 Å². The van der Waals surface area contributed by atoms with Crippen molar-refractivity contribution in [2.24, 2.45) is 5.92 Å². The van der Waals surface area contributed by atoms with Crippen LogP contribution in [0.4, 0.5) is 0 Å². The number of benzene rings is 1. The Morgan fingerprint density at radius 1 is 1.28 bits per heavy atom. The fourth-order valence-corrected chi connectivity index (χ4v) is 4.06. The summed E-state index contributed by atoms with van der Waals surface area (Å²) in [4.78, 5) is 12.1. The first-order chi connectivity index (χ1) is 12.0. The second kappa shape index (κ2) is 8.94. The zero-order valence-electron chi connectivity index (χ0n) is 14.7. The lowest BCUT2D eigenvalue weighted by Gasteiger charge is -2.15. The fraction of sp³-hybridized carbons (Fsp3) is 0.588. The van der Waals surface area contributed by atoms with E-state index in [1.807, 2.05) is 0 Å². The minimum atomic E-state index is -3.63. The monoisotopic (exact) mass is 367 g/mol. The van der Waals surface area contributed by atoms with Gasteiger partial charge in [-0.2, -0.15) is 0 Å². The third kappa shape index (κ3) is 5.26. The van der Waals surface area contributed by atoms with Crippen LogP contribution < -0.4 is 5.32 Å². The molecule has 0 radical (unpaired) electrons. The van der Waals surface area contributed by atoms with Gasteiger partial charge in [0, 0.05) is 13.0 Å².